The van der Waals surface area contributed by atoms with E-state index in [4.69, 9.17) is 5.26 Å². The van der Waals surface area contributed by atoms with Crippen LogP contribution >= 0.6 is 0 Å². The minimum absolute atomic E-state index is 0.514. The number of nitrogens with zero attached hydrogens (tertiary/aromatic N) is 5. The number of aromatic nitrogens is 4. The van der Waals surface area contributed by atoms with Crippen LogP contribution in [0.2, 0.25) is 0 Å². The van der Waals surface area contributed by atoms with Crippen LogP contribution in [0.4, 0.5) is 5.82 Å². The van der Waals surface area contributed by atoms with Crippen LogP contribution in [-0.4, -0.2) is 26.1 Å². The van der Waals surface area contributed by atoms with Crippen LogP contribution in [0.3, 0.4) is 0 Å². The zero-order valence-electron chi connectivity index (χ0n) is 10.2. The Morgan fingerprint density at radius 3 is 3.06 bits per heavy atom. The Morgan fingerprint density at radius 1 is 1.44 bits per heavy atom. The minimum Gasteiger partial charge on any atom is -0.369 e. The van der Waals surface area contributed by atoms with Crippen molar-refractivity contribution in [1.29, 1.82) is 5.26 Å². The smallest absolute Gasteiger partial charge is 0.147 e. The molecule has 6 nitrogen and oxygen atoms in total. The Hall–Kier alpha value is -2.42. The lowest BCUT2D eigenvalue weighted by Gasteiger charge is -2.08. The van der Waals surface area contributed by atoms with Crippen molar-refractivity contribution in [2.24, 2.45) is 0 Å². The number of nitrogens with one attached hydrogen (secondary N) is 1. The molecule has 0 unspecified atom stereocenters. The van der Waals surface area contributed by atoms with Crippen LogP contribution in [0.1, 0.15) is 17.7 Å². The standard InChI is InChI=1S/C12H14N6/c1-10-11(7-13)12(17-8-16-10)15-3-2-5-18-6-4-14-9-18/h4,6,8-9H,2-3,5H2,1H3,(H,15,16,17). The molecule has 1 N–H and O–H groups in total. The van der Waals surface area contributed by atoms with Crippen molar-refractivity contribution < 1.29 is 0 Å². The van der Waals surface area contributed by atoms with E-state index in [1.807, 2.05) is 10.8 Å². The van der Waals surface area contributed by atoms with Crippen molar-refractivity contribution in [1.82, 2.24) is 19.5 Å². The molecule has 18 heavy (non-hydrogen) atoms. The first-order valence-electron chi connectivity index (χ1n) is 5.72. The van der Waals surface area contributed by atoms with Gasteiger partial charge in [-0.05, 0) is 13.3 Å². The quantitative estimate of drug-likeness (QED) is 0.801. The minimum atomic E-state index is 0.514. The number of anilines is 1. The fourth-order valence-electron chi connectivity index (χ4n) is 1.63. The van der Waals surface area contributed by atoms with E-state index in [9.17, 15) is 0 Å². The molecule has 2 aromatic rings. The summed E-state index contributed by atoms with van der Waals surface area (Å²) in [6.45, 7) is 3.44. The Kier molecular flexibility index (Phi) is 3.86. The fourth-order valence-corrected chi connectivity index (χ4v) is 1.63. The van der Waals surface area contributed by atoms with Gasteiger partial charge in [-0.25, -0.2) is 15.0 Å². The molecule has 0 amide bonds. The van der Waals surface area contributed by atoms with Gasteiger partial charge < -0.3 is 9.88 Å². The zero-order chi connectivity index (χ0) is 12.8. The van der Waals surface area contributed by atoms with Crippen LogP contribution in [0.15, 0.2) is 25.0 Å². The first kappa shape index (κ1) is 12.0. The van der Waals surface area contributed by atoms with Crippen LogP contribution in [-0.2, 0) is 6.54 Å². The molecule has 0 saturated heterocycles. The second-order valence-corrected chi connectivity index (χ2v) is 3.88. The predicted molar refractivity (Wildman–Crippen MR) is 66.8 cm³/mol. The van der Waals surface area contributed by atoms with Crippen molar-refractivity contribution in [2.75, 3.05) is 11.9 Å². The van der Waals surface area contributed by atoms with Gasteiger partial charge in [-0.3, -0.25) is 0 Å². The van der Waals surface area contributed by atoms with E-state index in [-0.39, 0.29) is 0 Å². The maximum absolute atomic E-state index is 9.02. The molecule has 0 aliphatic carbocycles. The molecule has 2 heterocycles. The topological polar surface area (TPSA) is 79.4 Å². The SMILES string of the molecule is Cc1ncnc(NCCCn2ccnc2)c1C#N. The summed E-state index contributed by atoms with van der Waals surface area (Å²) < 4.78 is 2.01. The van der Waals surface area contributed by atoms with Crippen molar-refractivity contribution in [3.8, 4) is 6.07 Å². The Morgan fingerprint density at radius 2 is 2.33 bits per heavy atom. The van der Waals surface area contributed by atoms with Crippen molar-refractivity contribution in [2.45, 2.75) is 19.9 Å². The van der Waals surface area contributed by atoms with E-state index < -0.39 is 0 Å². The summed E-state index contributed by atoms with van der Waals surface area (Å²) in [7, 11) is 0. The van der Waals surface area contributed by atoms with Gasteiger partial charge in [-0.2, -0.15) is 5.26 Å². The van der Waals surface area contributed by atoms with Crippen LogP contribution in [0.25, 0.3) is 0 Å². The van der Waals surface area contributed by atoms with E-state index in [1.165, 1.54) is 6.33 Å². The van der Waals surface area contributed by atoms with E-state index in [0.29, 0.717) is 17.1 Å². The summed E-state index contributed by atoms with van der Waals surface area (Å²) in [5.74, 6) is 0.607. The number of rotatable bonds is 5. The molecular formula is C12H14N6. The average Bonchev–Trinajstić information content (AvgIpc) is 2.88. The summed E-state index contributed by atoms with van der Waals surface area (Å²) in [4.78, 5) is 12.1. The van der Waals surface area contributed by atoms with Crippen molar-refractivity contribution in [3.05, 3.63) is 36.3 Å². The van der Waals surface area contributed by atoms with Crippen LogP contribution in [0.5, 0.6) is 0 Å². The van der Waals surface area contributed by atoms with Gasteiger partial charge in [0, 0.05) is 25.5 Å². The lowest BCUT2D eigenvalue weighted by Crippen LogP contribution is -2.09. The molecule has 0 bridgehead atoms. The van der Waals surface area contributed by atoms with Gasteiger partial charge in [0.1, 0.15) is 23.8 Å². The number of hydrogen-bond acceptors (Lipinski definition) is 5. The number of imidazole rings is 1. The highest BCUT2D eigenvalue weighted by Crippen LogP contribution is 2.12. The molecule has 0 spiro atoms. The predicted octanol–water partition coefficient (Wildman–Crippen LogP) is 1.36. The Bertz CT molecular complexity index is 540. The molecule has 0 radical (unpaired) electrons. The molecule has 0 saturated carbocycles. The first-order valence-corrected chi connectivity index (χ1v) is 5.72. The normalized spacial score (nSPS) is 10.0. The third-order valence-electron chi connectivity index (χ3n) is 2.59. The van der Waals surface area contributed by atoms with Gasteiger partial charge in [0.25, 0.3) is 0 Å². The Balaban J connectivity index is 1.87. The molecular weight excluding hydrogens is 228 g/mol. The summed E-state index contributed by atoms with van der Waals surface area (Å²) in [5, 5.41) is 12.2. The van der Waals surface area contributed by atoms with Gasteiger partial charge in [0.05, 0.1) is 12.0 Å². The monoisotopic (exact) mass is 242 g/mol. The van der Waals surface area contributed by atoms with E-state index in [2.05, 4.69) is 26.3 Å². The van der Waals surface area contributed by atoms with E-state index >= 15 is 0 Å². The molecule has 2 aromatic heterocycles. The largest absolute Gasteiger partial charge is 0.369 e. The Labute approximate surface area is 105 Å². The summed E-state index contributed by atoms with van der Waals surface area (Å²) in [6.07, 6.45) is 7.87. The number of nitriles is 1. The van der Waals surface area contributed by atoms with Gasteiger partial charge in [-0.1, -0.05) is 0 Å². The third kappa shape index (κ3) is 2.83. The van der Waals surface area contributed by atoms with Crippen molar-refractivity contribution in [3.63, 3.8) is 0 Å². The highest BCUT2D eigenvalue weighted by molar-refractivity contribution is 5.53. The van der Waals surface area contributed by atoms with Crippen molar-refractivity contribution >= 4 is 5.82 Å². The molecule has 6 heteroatoms. The maximum atomic E-state index is 9.02. The fraction of sp³-hybridized carbons (Fsp3) is 0.333. The number of hydrogen-bond donors (Lipinski definition) is 1. The summed E-state index contributed by atoms with van der Waals surface area (Å²) >= 11 is 0. The summed E-state index contributed by atoms with van der Waals surface area (Å²) in [6, 6.07) is 2.12. The highest BCUT2D eigenvalue weighted by atomic mass is 15.0. The van der Waals surface area contributed by atoms with Gasteiger partial charge in [-0.15, -0.1) is 0 Å². The van der Waals surface area contributed by atoms with E-state index in [0.717, 1.165) is 19.5 Å². The van der Waals surface area contributed by atoms with Gasteiger partial charge in [0.2, 0.25) is 0 Å². The molecule has 0 aliphatic heterocycles. The molecule has 2 rings (SSSR count). The molecule has 92 valence electrons. The highest BCUT2D eigenvalue weighted by Gasteiger charge is 2.06. The van der Waals surface area contributed by atoms with Gasteiger partial charge >= 0.3 is 0 Å². The molecule has 0 aliphatic rings. The summed E-state index contributed by atoms with van der Waals surface area (Å²) in [5.41, 5.74) is 1.21. The second kappa shape index (κ2) is 5.77. The zero-order valence-corrected chi connectivity index (χ0v) is 10.2. The molecule has 0 aromatic carbocycles. The first-order chi connectivity index (χ1) is 8.81. The molecule has 0 fully saturated rings. The maximum Gasteiger partial charge on any atom is 0.147 e. The van der Waals surface area contributed by atoms with Gasteiger partial charge in [0.15, 0.2) is 0 Å². The number of aryl methyl sites for hydroxylation is 2. The lowest BCUT2D eigenvalue weighted by molar-refractivity contribution is 0.660. The lowest BCUT2D eigenvalue weighted by atomic mass is 10.2. The average molecular weight is 242 g/mol. The third-order valence-corrected chi connectivity index (χ3v) is 2.59. The molecule has 0 atom stereocenters. The second-order valence-electron chi connectivity index (χ2n) is 3.88. The van der Waals surface area contributed by atoms with E-state index in [1.54, 1.807) is 19.4 Å². The van der Waals surface area contributed by atoms with Crippen LogP contribution < -0.4 is 5.32 Å². The van der Waals surface area contributed by atoms with Crippen LogP contribution in [0, 0.1) is 18.3 Å².